The van der Waals surface area contributed by atoms with E-state index in [1.54, 1.807) is 21.6 Å². The lowest BCUT2D eigenvalue weighted by molar-refractivity contribution is -0.208. The van der Waals surface area contributed by atoms with Gasteiger partial charge in [0.25, 0.3) is 5.91 Å². The summed E-state index contributed by atoms with van der Waals surface area (Å²) in [5, 5.41) is 22.6. The Balaban J connectivity index is 1.34. The van der Waals surface area contributed by atoms with Gasteiger partial charge in [0.15, 0.2) is 6.10 Å². The van der Waals surface area contributed by atoms with E-state index < -0.39 is 30.1 Å². The number of anilines is 1. The highest BCUT2D eigenvalue weighted by Gasteiger charge is 2.44. The summed E-state index contributed by atoms with van der Waals surface area (Å²) in [6.45, 7) is 8.24. The highest BCUT2D eigenvalue weighted by molar-refractivity contribution is 5.87. The Labute approximate surface area is 250 Å². The van der Waals surface area contributed by atoms with E-state index in [2.05, 4.69) is 31.2 Å². The van der Waals surface area contributed by atoms with Crippen molar-refractivity contribution in [2.24, 2.45) is 5.92 Å². The maximum absolute atomic E-state index is 13.0. The van der Waals surface area contributed by atoms with Crippen LogP contribution in [0.5, 0.6) is 0 Å². The molecule has 1 aliphatic rings. The van der Waals surface area contributed by atoms with Gasteiger partial charge in [-0.15, -0.1) is 5.10 Å². The second-order valence-corrected chi connectivity index (χ2v) is 11.1. The number of pyridine rings is 2. The number of hydrogen-bond donors (Lipinski definition) is 0. The van der Waals surface area contributed by atoms with Crippen molar-refractivity contribution in [3.8, 4) is 28.5 Å². The molecule has 5 rings (SSSR count). The molecule has 0 spiro atoms. The topological polar surface area (TPSA) is 135 Å². The number of aromatic nitrogens is 6. The van der Waals surface area contributed by atoms with Crippen LogP contribution in [0.4, 0.5) is 19.0 Å². The van der Waals surface area contributed by atoms with Crippen molar-refractivity contribution in [2.75, 3.05) is 31.1 Å². The molecule has 1 saturated heterocycles. The summed E-state index contributed by atoms with van der Waals surface area (Å²) in [6, 6.07) is 7.95. The van der Waals surface area contributed by atoms with E-state index >= 15 is 0 Å². The summed E-state index contributed by atoms with van der Waals surface area (Å²) >= 11 is 0. The molecular formula is C29H30F3N9O3. The van der Waals surface area contributed by atoms with Crippen molar-refractivity contribution in [1.29, 1.82) is 5.26 Å². The molecule has 44 heavy (non-hydrogen) atoms. The van der Waals surface area contributed by atoms with E-state index in [-0.39, 0.29) is 19.1 Å². The van der Waals surface area contributed by atoms with Gasteiger partial charge in [-0.3, -0.25) is 4.79 Å². The van der Waals surface area contributed by atoms with E-state index in [0.717, 1.165) is 16.7 Å². The fourth-order valence-corrected chi connectivity index (χ4v) is 4.95. The number of halogens is 3. The molecule has 0 aromatic carbocycles. The lowest BCUT2D eigenvalue weighted by atomic mass is 10.0. The Kier molecular flexibility index (Phi) is 8.27. The number of ether oxygens (including phenoxy) is 1. The lowest BCUT2D eigenvalue weighted by Crippen LogP contribution is -2.53. The Morgan fingerprint density at radius 2 is 1.75 bits per heavy atom. The molecule has 0 saturated carbocycles. The molecule has 4 aromatic rings. The summed E-state index contributed by atoms with van der Waals surface area (Å²) < 4.78 is 46.1. The zero-order chi connectivity index (χ0) is 31.8. The van der Waals surface area contributed by atoms with Crippen molar-refractivity contribution in [3.05, 3.63) is 48.5 Å². The number of carbonyl (C=O) groups is 2. The fraction of sp³-hybridized carbons (Fsp3) is 0.414. The number of fused-ring (bicyclic) bond motifs is 1. The molecule has 0 N–H and O–H groups in total. The lowest BCUT2D eigenvalue weighted by Gasteiger charge is -2.37. The number of hydrogen-bond acceptors (Lipinski definition) is 9. The van der Waals surface area contributed by atoms with Gasteiger partial charge in [0.05, 0.1) is 23.5 Å². The molecule has 12 nitrogen and oxygen atoms in total. The van der Waals surface area contributed by atoms with E-state index in [1.165, 1.54) is 24.9 Å². The van der Waals surface area contributed by atoms with Gasteiger partial charge >= 0.3 is 12.1 Å². The van der Waals surface area contributed by atoms with Crippen molar-refractivity contribution in [2.45, 2.75) is 46.0 Å². The smallest absolute Gasteiger partial charge is 0.445 e. The van der Waals surface area contributed by atoms with Gasteiger partial charge in [-0.05, 0) is 38.0 Å². The molecule has 230 valence electrons. The van der Waals surface area contributed by atoms with Crippen LogP contribution >= 0.6 is 0 Å². The Hall–Kier alpha value is -5.00. The van der Waals surface area contributed by atoms with Gasteiger partial charge in [0.2, 0.25) is 0 Å². The predicted octanol–water partition coefficient (Wildman–Crippen LogP) is 3.89. The average Bonchev–Trinajstić information content (AvgIpc) is 3.66. The van der Waals surface area contributed by atoms with Gasteiger partial charge in [0.1, 0.15) is 17.6 Å². The number of amides is 1. The largest absolute Gasteiger partial charge is 0.490 e. The molecule has 1 amide bonds. The highest BCUT2D eigenvalue weighted by atomic mass is 19.4. The molecule has 1 fully saturated rings. The van der Waals surface area contributed by atoms with Gasteiger partial charge < -0.3 is 14.5 Å². The maximum atomic E-state index is 13.0. The minimum absolute atomic E-state index is 0.134. The van der Waals surface area contributed by atoms with E-state index in [0.29, 0.717) is 35.7 Å². The first-order chi connectivity index (χ1) is 20.9. The quantitative estimate of drug-likeness (QED) is 0.286. The SMILES string of the molecule is CC(C)[C@@H](OC(=O)C(F)(F)F)C(=O)N1CCN(c2ccc(-c3cc(-c4cn(C(C)C)nn4)cn4ncc(C#N)c34)cn2)CC1. The maximum Gasteiger partial charge on any atom is 0.490 e. The normalized spacial score (nSPS) is 14.7. The molecule has 0 radical (unpaired) electrons. The molecular weight excluding hydrogens is 579 g/mol. The van der Waals surface area contributed by atoms with Crippen LogP contribution < -0.4 is 4.90 Å². The second-order valence-electron chi connectivity index (χ2n) is 11.1. The first kappa shape index (κ1) is 30.5. The standard InChI is InChI=1S/C29H30F3N9O3/c1-17(2)26(44-28(43)29(30,31)32)27(42)39-9-7-38(8-10-39)24-6-5-19(13-34-24)22-11-20(23-16-40(18(3)4)37-36-23)15-41-25(22)21(12-33)14-35-41/h5-6,11,13-18,26H,7-10H2,1-4H3/t26-/m1/s1. The van der Waals surface area contributed by atoms with E-state index in [1.807, 2.05) is 43.1 Å². The minimum Gasteiger partial charge on any atom is -0.445 e. The number of alkyl halides is 3. The number of nitriles is 1. The van der Waals surface area contributed by atoms with Crippen molar-refractivity contribution >= 4 is 23.2 Å². The van der Waals surface area contributed by atoms with Crippen LogP contribution in [-0.4, -0.2) is 84.8 Å². The predicted molar refractivity (Wildman–Crippen MR) is 152 cm³/mol. The first-order valence-corrected chi connectivity index (χ1v) is 14.0. The second kappa shape index (κ2) is 11.9. The highest BCUT2D eigenvalue weighted by Crippen LogP contribution is 2.32. The Morgan fingerprint density at radius 3 is 2.32 bits per heavy atom. The number of esters is 1. The zero-order valence-electron chi connectivity index (χ0n) is 24.5. The first-order valence-electron chi connectivity index (χ1n) is 14.0. The molecule has 15 heteroatoms. The molecule has 1 atom stereocenters. The van der Waals surface area contributed by atoms with E-state index in [9.17, 15) is 28.0 Å². The molecule has 1 aliphatic heterocycles. The molecule has 0 bridgehead atoms. The molecule has 0 unspecified atom stereocenters. The third-order valence-electron chi connectivity index (χ3n) is 7.36. The van der Waals surface area contributed by atoms with Crippen molar-refractivity contribution < 1.29 is 27.5 Å². The van der Waals surface area contributed by atoms with E-state index in [4.69, 9.17) is 0 Å². The summed E-state index contributed by atoms with van der Waals surface area (Å²) in [7, 11) is 0. The average molecular weight is 610 g/mol. The van der Waals surface area contributed by atoms with Crippen LogP contribution in [-0.2, 0) is 14.3 Å². The van der Waals surface area contributed by atoms with Gasteiger partial charge in [-0.1, -0.05) is 19.1 Å². The van der Waals surface area contributed by atoms with Crippen LogP contribution in [0.2, 0.25) is 0 Å². The van der Waals surface area contributed by atoms with Crippen LogP contribution in [0.25, 0.3) is 27.9 Å². The Morgan fingerprint density at radius 1 is 1.02 bits per heavy atom. The summed E-state index contributed by atoms with van der Waals surface area (Å²) in [5.74, 6) is -3.03. The van der Waals surface area contributed by atoms with Crippen molar-refractivity contribution in [1.82, 2.24) is 34.5 Å². The minimum atomic E-state index is -5.18. The molecule has 5 heterocycles. The van der Waals surface area contributed by atoms with Crippen molar-refractivity contribution in [3.63, 3.8) is 0 Å². The summed E-state index contributed by atoms with van der Waals surface area (Å²) in [5.41, 5.74) is 3.92. The number of rotatable bonds is 7. The van der Waals surface area contributed by atoms with Crippen LogP contribution in [0.15, 0.2) is 43.0 Å². The number of carbonyl (C=O) groups excluding carboxylic acids is 2. The third kappa shape index (κ3) is 6.05. The van der Waals surface area contributed by atoms with Crippen LogP contribution in [0, 0.1) is 17.2 Å². The Bertz CT molecular complexity index is 1710. The van der Waals surface area contributed by atoms with Crippen LogP contribution in [0.3, 0.4) is 0 Å². The summed E-state index contributed by atoms with van der Waals surface area (Å²) in [6.07, 6.45) is 0.127. The fourth-order valence-electron chi connectivity index (χ4n) is 4.95. The zero-order valence-corrected chi connectivity index (χ0v) is 24.5. The number of nitrogens with zero attached hydrogens (tertiary/aromatic N) is 9. The number of piperazine rings is 1. The third-order valence-corrected chi connectivity index (χ3v) is 7.36. The molecule has 0 aliphatic carbocycles. The van der Waals surface area contributed by atoms with Gasteiger partial charge in [0, 0.05) is 61.3 Å². The monoisotopic (exact) mass is 609 g/mol. The van der Waals surface area contributed by atoms with Gasteiger partial charge in [-0.25, -0.2) is 19.0 Å². The van der Waals surface area contributed by atoms with Crippen LogP contribution in [0.1, 0.15) is 39.3 Å². The summed E-state index contributed by atoms with van der Waals surface area (Å²) in [4.78, 5) is 32.3. The van der Waals surface area contributed by atoms with Gasteiger partial charge in [-0.2, -0.15) is 23.5 Å². The molecule has 4 aromatic heterocycles.